The van der Waals surface area contributed by atoms with E-state index in [1.165, 1.54) is 30.3 Å². The van der Waals surface area contributed by atoms with E-state index in [1.54, 1.807) is 24.4 Å². The van der Waals surface area contributed by atoms with Crippen molar-refractivity contribution in [2.24, 2.45) is 5.73 Å². The van der Waals surface area contributed by atoms with Gasteiger partial charge in [0.1, 0.15) is 12.0 Å². The van der Waals surface area contributed by atoms with E-state index in [4.69, 9.17) is 5.73 Å². The number of aromatic nitrogens is 1. The summed E-state index contributed by atoms with van der Waals surface area (Å²) in [5.74, 6) is -0.330. The van der Waals surface area contributed by atoms with Crippen molar-refractivity contribution in [2.45, 2.75) is 30.0 Å². The van der Waals surface area contributed by atoms with Crippen LogP contribution in [-0.4, -0.2) is 25.6 Å². The van der Waals surface area contributed by atoms with Crippen molar-refractivity contribution in [3.63, 3.8) is 0 Å². The predicted molar refractivity (Wildman–Crippen MR) is 101 cm³/mol. The number of aromatic amines is 1. The summed E-state index contributed by atoms with van der Waals surface area (Å²) in [6, 6.07) is 10.2. The van der Waals surface area contributed by atoms with Crippen molar-refractivity contribution in [3.8, 4) is 11.1 Å². The van der Waals surface area contributed by atoms with Gasteiger partial charge in [-0.15, -0.1) is 0 Å². The largest absolute Gasteiger partial charge is 0.360 e. The fraction of sp³-hybridized carbons (Fsp3) is 0.200. The number of hydrogen-bond acceptors (Lipinski definition) is 3. The minimum Gasteiger partial charge on any atom is -0.360 e. The Morgan fingerprint density at radius 2 is 1.85 bits per heavy atom. The Hall–Kier alpha value is -2.51. The molecule has 0 radical (unpaired) electrons. The van der Waals surface area contributed by atoms with Crippen molar-refractivity contribution in [3.05, 3.63) is 65.5 Å². The summed E-state index contributed by atoms with van der Waals surface area (Å²) in [4.78, 5) is 3.20. The molecule has 7 heteroatoms. The van der Waals surface area contributed by atoms with Crippen LogP contribution in [0, 0.1) is 5.82 Å². The fourth-order valence-electron chi connectivity index (χ4n) is 3.36. The highest BCUT2D eigenvalue weighted by molar-refractivity contribution is 7.95. The highest BCUT2D eigenvalue weighted by atomic mass is 32.2. The van der Waals surface area contributed by atoms with Gasteiger partial charge in [-0.05, 0) is 42.3 Å². The number of benzene rings is 2. The van der Waals surface area contributed by atoms with E-state index in [2.05, 4.69) is 4.98 Å². The van der Waals surface area contributed by atoms with Gasteiger partial charge in [-0.2, -0.15) is 0 Å². The molecule has 0 saturated carbocycles. The highest BCUT2D eigenvalue weighted by Crippen LogP contribution is 2.32. The van der Waals surface area contributed by atoms with Gasteiger partial charge in [-0.25, -0.2) is 17.2 Å². The van der Waals surface area contributed by atoms with E-state index in [1.807, 2.05) is 0 Å². The molecule has 0 amide bonds. The van der Waals surface area contributed by atoms with Crippen LogP contribution in [0.4, 0.5) is 8.78 Å². The Balaban J connectivity index is 1.67. The first-order valence-corrected chi connectivity index (χ1v) is 10.1. The summed E-state index contributed by atoms with van der Waals surface area (Å²) in [6.45, 7) is 0. The van der Waals surface area contributed by atoms with Gasteiger partial charge < -0.3 is 10.7 Å². The second-order valence-corrected chi connectivity index (χ2v) is 8.71. The van der Waals surface area contributed by atoms with E-state index >= 15 is 0 Å². The number of alkyl halides is 1. The number of halogens is 2. The lowest BCUT2D eigenvalue weighted by Gasteiger charge is -2.22. The molecule has 0 saturated heterocycles. The van der Waals surface area contributed by atoms with Gasteiger partial charge in [0.25, 0.3) is 0 Å². The lowest BCUT2D eigenvalue weighted by atomic mass is 10.0. The van der Waals surface area contributed by atoms with Crippen LogP contribution in [0.5, 0.6) is 0 Å². The third kappa shape index (κ3) is 3.17. The van der Waals surface area contributed by atoms with Gasteiger partial charge in [0.2, 0.25) is 9.84 Å². The zero-order chi connectivity index (χ0) is 19.2. The molecule has 0 bridgehead atoms. The minimum absolute atomic E-state index is 0.0759. The van der Waals surface area contributed by atoms with Crippen molar-refractivity contribution in [1.29, 1.82) is 0 Å². The van der Waals surface area contributed by atoms with E-state index in [9.17, 15) is 17.2 Å². The van der Waals surface area contributed by atoms with Crippen LogP contribution in [0.2, 0.25) is 0 Å². The summed E-state index contributed by atoms with van der Waals surface area (Å²) in [5.41, 5.74) is 7.93. The van der Waals surface area contributed by atoms with Crippen molar-refractivity contribution in [1.82, 2.24) is 4.98 Å². The van der Waals surface area contributed by atoms with Gasteiger partial charge in [-0.1, -0.05) is 18.2 Å². The van der Waals surface area contributed by atoms with Crippen LogP contribution in [0.1, 0.15) is 12.8 Å². The van der Waals surface area contributed by atoms with Crippen LogP contribution in [0.3, 0.4) is 0 Å². The van der Waals surface area contributed by atoms with Crippen molar-refractivity contribution >= 4 is 20.7 Å². The molecule has 1 aliphatic rings. The molecule has 27 heavy (non-hydrogen) atoms. The number of hydrogen-bond donors (Lipinski definition) is 2. The number of fused-ring (bicyclic) bond motifs is 1. The summed E-state index contributed by atoms with van der Waals surface area (Å²) < 4.78 is 52.7. The summed E-state index contributed by atoms with van der Waals surface area (Å²) >= 11 is 0. The quantitative estimate of drug-likeness (QED) is 0.710. The minimum atomic E-state index is -3.74. The molecule has 1 heterocycles. The zero-order valence-corrected chi connectivity index (χ0v) is 15.1. The number of nitrogens with two attached hydrogens (primary N) is 1. The van der Waals surface area contributed by atoms with Crippen LogP contribution in [-0.2, 0) is 9.84 Å². The smallest absolute Gasteiger partial charge is 0.202 e. The lowest BCUT2D eigenvalue weighted by Crippen LogP contribution is -2.35. The molecule has 2 aromatic carbocycles. The number of sulfone groups is 1. The zero-order valence-electron chi connectivity index (χ0n) is 14.3. The molecule has 4 nitrogen and oxygen atoms in total. The Bertz CT molecular complexity index is 1130. The molecule has 1 aliphatic carbocycles. The average Bonchev–Trinajstić information content (AvgIpc) is 3.07. The monoisotopic (exact) mass is 388 g/mol. The van der Waals surface area contributed by atoms with Gasteiger partial charge >= 0.3 is 0 Å². The third-order valence-corrected chi connectivity index (χ3v) is 6.86. The van der Waals surface area contributed by atoms with E-state index in [-0.39, 0.29) is 28.5 Å². The lowest BCUT2D eigenvalue weighted by molar-refractivity contribution is 0.273. The molecule has 140 valence electrons. The van der Waals surface area contributed by atoms with Gasteiger partial charge in [0.05, 0.1) is 4.90 Å². The standard InChI is InChI=1S/C20H18F2N2O2S/c21-13-3-7-16-17(11-24-20(16)9-13)12-1-4-14(5-2-12)27(25,26)15-6-8-19(23)18(22)10-15/h1-7,9,11,18-19,24H,8,10,23H2/t18-,19-/m1/s1. The summed E-state index contributed by atoms with van der Waals surface area (Å²) in [6.07, 6.45) is 1.93. The normalized spacial score (nSPS) is 20.6. The first-order valence-electron chi connectivity index (χ1n) is 8.57. The fourth-order valence-corrected chi connectivity index (χ4v) is 4.86. The van der Waals surface area contributed by atoms with Gasteiger partial charge in [0, 0.05) is 40.0 Å². The number of H-pyrrole nitrogens is 1. The number of allylic oxidation sites excluding steroid dienone is 1. The molecular weight excluding hydrogens is 370 g/mol. The summed E-state index contributed by atoms with van der Waals surface area (Å²) in [5, 5.41) is 0.844. The van der Waals surface area contributed by atoms with Crippen LogP contribution in [0.15, 0.2) is 64.5 Å². The van der Waals surface area contributed by atoms with E-state index < -0.39 is 22.1 Å². The first-order chi connectivity index (χ1) is 12.9. The van der Waals surface area contributed by atoms with E-state index in [0.717, 1.165) is 16.5 Å². The first kappa shape index (κ1) is 17.9. The molecule has 3 N–H and O–H groups in total. The SMILES string of the molecule is N[C@@H]1CC=C(S(=O)(=O)c2ccc(-c3c[nH]c4cc(F)ccc34)cc2)C[C@H]1F. The second kappa shape index (κ2) is 6.58. The molecule has 0 fully saturated rings. The molecule has 0 unspecified atom stereocenters. The summed E-state index contributed by atoms with van der Waals surface area (Å²) in [7, 11) is -3.74. The molecular formula is C20H18F2N2O2S. The van der Waals surface area contributed by atoms with Gasteiger partial charge in [-0.3, -0.25) is 0 Å². The number of nitrogens with one attached hydrogen (secondary N) is 1. The maximum atomic E-state index is 13.8. The maximum Gasteiger partial charge on any atom is 0.202 e. The van der Waals surface area contributed by atoms with Gasteiger partial charge in [0.15, 0.2) is 0 Å². The molecule has 2 atom stereocenters. The van der Waals surface area contributed by atoms with Crippen LogP contribution >= 0.6 is 0 Å². The Morgan fingerprint density at radius 1 is 1.11 bits per heavy atom. The molecule has 0 spiro atoms. The van der Waals surface area contributed by atoms with E-state index in [0.29, 0.717) is 5.52 Å². The molecule has 3 aromatic rings. The second-order valence-electron chi connectivity index (χ2n) is 6.71. The Labute approximate surface area is 155 Å². The molecule has 4 rings (SSSR count). The van der Waals surface area contributed by atoms with Crippen molar-refractivity contribution in [2.75, 3.05) is 0 Å². The molecule has 1 aromatic heterocycles. The predicted octanol–water partition coefficient (Wildman–Crippen LogP) is 4.09. The topological polar surface area (TPSA) is 76.0 Å². The van der Waals surface area contributed by atoms with Crippen LogP contribution in [0.25, 0.3) is 22.0 Å². The van der Waals surface area contributed by atoms with Crippen LogP contribution < -0.4 is 5.73 Å². The Kier molecular flexibility index (Phi) is 4.36. The molecule has 0 aliphatic heterocycles. The third-order valence-electron chi connectivity index (χ3n) is 4.94. The number of rotatable bonds is 3. The highest BCUT2D eigenvalue weighted by Gasteiger charge is 2.30. The van der Waals surface area contributed by atoms with Crippen molar-refractivity contribution < 1.29 is 17.2 Å². The Morgan fingerprint density at radius 3 is 2.56 bits per heavy atom. The average molecular weight is 388 g/mol. The maximum absolute atomic E-state index is 13.8.